The van der Waals surface area contributed by atoms with Crippen molar-refractivity contribution < 1.29 is 4.79 Å². The molecule has 1 aromatic carbocycles. The highest BCUT2D eigenvalue weighted by Gasteiger charge is 2.12. The fraction of sp³-hybridized carbons (Fsp3) is 0.368. The summed E-state index contributed by atoms with van der Waals surface area (Å²) in [6.07, 6.45) is 10.4. The van der Waals surface area contributed by atoms with Crippen LogP contribution in [0, 0.1) is 0 Å². The second-order valence-electron chi connectivity index (χ2n) is 6.31. The summed E-state index contributed by atoms with van der Waals surface area (Å²) >= 11 is 0. The van der Waals surface area contributed by atoms with Crippen molar-refractivity contribution in [2.24, 2.45) is 7.05 Å². The van der Waals surface area contributed by atoms with Gasteiger partial charge in [-0.15, -0.1) is 0 Å². The molecule has 1 N–H and O–H groups in total. The zero-order valence-electron chi connectivity index (χ0n) is 14.3. The van der Waals surface area contributed by atoms with Crippen LogP contribution in [0.2, 0.25) is 0 Å². The first-order valence-electron chi connectivity index (χ1n) is 8.39. The molecule has 126 valence electrons. The number of rotatable bonds is 5. The van der Waals surface area contributed by atoms with Crippen molar-refractivity contribution in [3.05, 3.63) is 53.4 Å². The number of amides is 1. The Balaban J connectivity index is 1.52. The van der Waals surface area contributed by atoms with E-state index in [1.54, 1.807) is 10.8 Å². The van der Waals surface area contributed by atoms with Gasteiger partial charge >= 0.3 is 0 Å². The fourth-order valence-corrected chi connectivity index (χ4v) is 3.07. The number of hydrogen-bond donors (Lipinski definition) is 1. The van der Waals surface area contributed by atoms with E-state index in [4.69, 9.17) is 0 Å². The molecule has 24 heavy (non-hydrogen) atoms. The Hall–Kier alpha value is -2.56. The highest BCUT2D eigenvalue weighted by Crippen LogP contribution is 2.27. The molecular weight excluding hydrogens is 300 g/mol. The molecule has 0 atom stereocenters. The van der Waals surface area contributed by atoms with Gasteiger partial charge in [-0.2, -0.15) is 5.10 Å². The second-order valence-corrected chi connectivity index (χ2v) is 6.31. The first-order chi connectivity index (χ1) is 11.6. The third kappa shape index (κ3) is 4.04. The number of aryl methyl sites for hydroxylation is 2. The van der Waals surface area contributed by atoms with Gasteiger partial charge in [-0.05, 0) is 54.2 Å². The average Bonchev–Trinajstić information content (AvgIpc) is 2.98. The Kier molecular flexibility index (Phi) is 4.99. The molecule has 0 saturated carbocycles. The molecular formula is C19H24N4O. The van der Waals surface area contributed by atoms with Crippen LogP contribution < -0.4 is 10.2 Å². The summed E-state index contributed by atoms with van der Waals surface area (Å²) in [5.41, 5.74) is 4.87. The highest BCUT2D eigenvalue weighted by molar-refractivity contribution is 5.91. The monoisotopic (exact) mass is 324 g/mol. The summed E-state index contributed by atoms with van der Waals surface area (Å²) in [6, 6.07) is 6.40. The zero-order valence-corrected chi connectivity index (χ0v) is 14.3. The number of hydrogen-bond acceptors (Lipinski definition) is 3. The summed E-state index contributed by atoms with van der Waals surface area (Å²) in [4.78, 5) is 14.2. The minimum Gasteiger partial charge on any atom is -0.374 e. The van der Waals surface area contributed by atoms with Gasteiger partial charge in [-0.3, -0.25) is 9.48 Å². The minimum absolute atomic E-state index is 0.0614. The zero-order chi connectivity index (χ0) is 16.9. The Morgan fingerprint density at radius 1 is 1.38 bits per heavy atom. The van der Waals surface area contributed by atoms with E-state index in [1.807, 2.05) is 25.5 Å². The molecule has 2 heterocycles. The Bertz CT molecular complexity index is 748. The topological polar surface area (TPSA) is 50.2 Å². The van der Waals surface area contributed by atoms with E-state index in [0.717, 1.165) is 30.5 Å². The van der Waals surface area contributed by atoms with Gasteiger partial charge in [0, 0.05) is 45.1 Å². The highest BCUT2D eigenvalue weighted by atomic mass is 16.1. The number of carbonyl (C=O) groups excluding carboxylic acids is 1. The molecule has 0 bridgehead atoms. The van der Waals surface area contributed by atoms with E-state index in [-0.39, 0.29) is 5.91 Å². The summed E-state index contributed by atoms with van der Waals surface area (Å²) in [5.74, 6) is -0.0614. The number of benzene rings is 1. The van der Waals surface area contributed by atoms with Crippen molar-refractivity contribution in [3.8, 4) is 0 Å². The Labute approximate surface area is 143 Å². The second kappa shape index (κ2) is 7.34. The van der Waals surface area contributed by atoms with E-state index in [2.05, 4.69) is 40.6 Å². The van der Waals surface area contributed by atoms with E-state index in [0.29, 0.717) is 6.54 Å². The summed E-state index contributed by atoms with van der Waals surface area (Å²) in [5, 5.41) is 7.03. The smallest absolute Gasteiger partial charge is 0.244 e. The first kappa shape index (κ1) is 16.3. The molecule has 0 fully saturated rings. The van der Waals surface area contributed by atoms with Gasteiger partial charge < -0.3 is 10.2 Å². The maximum atomic E-state index is 11.9. The van der Waals surface area contributed by atoms with Crippen molar-refractivity contribution >= 4 is 17.7 Å². The van der Waals surface area contributed by atoms with Crippen molar-refractivity contribution in [2.75, 3.05) is 25.0 Å². The molecule has 1 aliphatic heterocycles. The van der Waals surface area contributed by atoms with Crippen LogP contribution in [-0.2, 0) is 24.7 Å². The molecule has 2 aromatic rings. The van der Waals surface area contributed by atoms with Crippen LogP contribution in [0.3, 0.4) is 0 Å². The number of fused-ring (bicyclic) bond motifs is 1. The van der Waals surface area contributed by atoms with Gasteiger partial charge in [-0.1, -0.05) is 6.07 Å². The molecule has 0 radical (unpaired) electrons. The van der Waals surface area contributed by atoms with Crippen molar-refractivity contribution in [2.45, 2.75) is 19.3 Å². The molecule has 5 heteroatoms. The maximum Gasteiger partial charge on any atom is 0.244 e. The molecule has 5 nitrogen and oxygen atoms in total. The lowest BCUT2D eigenvalue weighted by Gasteiger charge is -2.27. The standard InChI is InChI=1S/C19H24N4O/c1-22-11-3-4-17-12-15(5-7-18(17)22)6-8-19(24)20-10-9-16-13-21-23(2)14-16/h5-8,12-14H,3-4,9-11H2,1-2H3,(H,20,24)/b8-6+. The van der Waals surface area contributed by atoms with Gasteiger partial charge in [-0.25, -0.2) is 0 Å². The van der Waals surface area contributed by atoms with Gasteiger partial charge in [0.15, 0.2) is 0 Å². The van der Waals surface area contributed by atoms with Crippen LogP contribution in [0.1, 0.15) is 23.1 Å². The summed E-state index contributed by atoms with van der Waals surface area (Å²) in [7, 11) is 4.02. The van der Waals surface area contributed by atoms with Gasteiger partial charge in [0.2, 0.25) is 5.91 Å². The van der Waals surface area contributed by atoms with Crippen LogP contribution in [0.25, 0.3) is 6.08 Å². The lowest BCUT2D eigenvalue weighted by atomic mass is 9.99. The predicted molar refractivity (Wildman–Crippen MR) is 97.0 cm³/mol. The van der Waals surface area contributed by atoms with Crippen molar-refractivity contribution in [1.82, 2.24) is 15.1 Å². The molecule has 0 unspecified atom stereocenters. The van der Waals surface area contributed by atoms with E-state index < -0.39 is 0 Å². The summed E-state index contributed by atoms with van der Waals surface area (Å²) < 4.78 is 1.77. The van der Waals surface area contributed by atoms with Crippen LogP contribution in [0.4, 0.5) is 5.69 Å². The number of nitrogens with zero attached hydrogens (tertiary/aromatic N) is 3. The fourth-order valence-electron chi connectivity index (χ4n) is 3.07. The Morgan fingerprint density at radius 2 is 2.25 bits per heavy atom. The maximum absolute atomic E-state index is 11.9. The lowest BCUT2D eigenvalue weighted by molar-refractivity contribution is -0.116. The number of aromatic nitrogens is 2. The first-order valence-corrected chi connectivity index (χ1v) is 8.39. The Morgan fingerprint density at radius 3 is 3.04 bits per heavy atom. The van der Waals surface area contributed by atoms with E-state index in [1.165, 1.54) is 17.7 Å². The molecule has 1 aromatic heterocycles. The SMILES string of the molecule is CN1CCCc2cc(/C=C/C(=O)NCCc3cnn(C)c3)ccc21. The predicted octanol–water partition coefficient (Wildman–Crippen LogP) is 2.17. The van der Waals surface area contributed by atoms with Crippen LogP contribution in [0.15, 0.2) is 36.7 Å². The largest absolute Gasteiger partial charge is 0.374 e. The van der Waals surface area contributed by atoms with Crippen LogP contribution >= 0.6 is 0 Å². The third-order valence-corrected chi connectivity index (χ3v) is 4.35. The summed E-state index contributed by atoms with van der Waals surface area (Å²) in [6.45, 7) is 1.73. The van der Waals surface area contributed by atoms with E-state index in [9.17, 15) is 4.79 Å². The number of nitrogens with one attached hydrogen (secondary N) is 1. The van der Waals surface area contributed by atoms with Crippen molar-refractivity contribution in [3.63, 3.8) is 0 Å². The molecule has 0 saturated heterocycles. The lowest BCUT2D eigenvalue weighted by Crippen LogP contribution is -2.24. The van der Waals surface area contributed by atoms with Gasteiger partial charge in [0.05, 0.1) is 6.20 Å². The van der Waals surface area contributed by atoms with Gasteiger partial charge in [0.1, 0.15) is 0 Å². The normalized spacial score (nSPS) is 14.0. The van der Waals surface area contributed by atoms with Crippen molar-refractivity contribution in [1.29, 1.82) is 0 Å². The van der Waals surface area contributed by atoms with Crippen LogP contribution in [-0.4, -0.2) is 35.8 Å². The molecule has 3 rings (SSSR count). The minimum atomic E-state index is -0.0614. The molecule has 1 aliphatic rings. The molecule has 1 amide bonds. The third-order valence-electron chi connectivity index (χ3n) is 4.35. The molecule has 0 spiro atoms. The number of anilines is 1. The average molecular weight is 324 g/mol. The number of carbonyl (C=O) groups is 1. The quantitative estimate of drug-likeness (QED) is 0.858. The van der Waals surface area contributed by atoms with E-state index >= 15 is 0 Å². The van der Waals surface area contributed by atoms with Crippen LogP contribution in [0.5, 0.6) is 0 Å². The van der Waals surface area contributed by atoms with Gasteiger partial charge in [0.25, 0.3) is 0 Å². The molecule has 0 aliphatic carbocycles.